The molecule has 0 aromatic heterocycles. The summed E-state index contributed by atoms with van der Waals surface area (Å²) in [5.41, 5.74) is 0. The molecule has 0 unspecified atom stereocenters. The van der Waals surface area contributed by atoms with E-state index in [4.69, 9.17) is 0 Å². The van der Waals surface area contributed by atoms with Gasteiger partial charge in [0.15, 0.2) is 17.4 Å². The zero-order valence-corrected chi connectivity index (χ0v) is 9.72. The molecule has 0 saturated carbocycles. The van der Waals surface area contributed by atoms with Crippen molar-refractivity contribution in [2.75, 3.05) is 0 Å². The van der Waals surface area contributed by atoms with Crippen molar-refractivity contribution in [1.82, 2.24) is 0 Å². The molecular weight excluding hydrogens is 273 g/mol. The SMILES string of the molecule is [AlH3].[Ni].[SbH3].[Zn]. The Balaban J connectivity index is 0. The summed E-state index contributed by atoms with van der Waals surface area (Å²) in [6, 6.07) is 0. The Morgan fingerprint density at radius 3 is 1.00 bits per heavy atom. The summed E-state index contributed by atoms with van der Waals surface area (Å²) in [6.45, 7) is 0. The minimum Gasteiger partial charge on any atom is 0 e. The maximum atomic E-state index is 0. The van der Waals surface area contributed by atoms with Crippen molar-refractivity contribution in [3.05, 3.63) is 0 Å². The molecule has 4 heavy (non-hydrogen) atoms. The molecule has 0 bridgehead atoms. The van der Waals surface area contributed by atoms with E-state index in [-0.39, 0.29) is 77.8 Å². The van der Waals surface area contributed by atoms with Crippen LogP contribution in [0.4, 0.5) is 0 Å². The summed E-state index contributed by atoms with van der Waals surface area (Å²) in [4.78, 5) is 0. The summed E-state index contributed by atoms with van der Waals surface area (Å²) < 4.78 is 0. The van der Waals surface area contributed by atoms with Crippen LogP contribution < -0.4 is 0 Å². The Morgan fingerprint density at radius 1 is 1.00 bits per heavy atom. The maximum Gasteiger partial charge on any atom is 0 e. The van der Waals surface area contributed by atoms with Gasteiger partial charge < -0.3 is 0 Å². The van der Waals surface area contributed by atoms with Crippen LogP contribution in [0.1, 0.15) is 0 Å². The summed E-state index contributed by atoms with van der Waals surface area (Å²) in [6.07, 6.45) is 0. The second-order valence-electron chi connectivity index (χ2n) is 0. The minimum atomic E-state index is 0. The predicted molar refractivity (Wildman–Crippen MR) is 19.9 cm³/mol. The second-order valence-corrected chi connectivity index (χ2v) is 0. The van der Waals surface area contributed by atoms with Crippen LogP contribution in [0.15, 0.2) is 0 Å². The Morgan fingerprint density at radius 2 is 1.00 bits per heavy atom. The predicted octanol–water partition coefficient (Wildman–Crippen LogP) is -2.37. The molecule has 0 aromatic rings. The van der Waals surface area contributed by atoms with Crippen LogP contribution in [-0.2, 0) is 36.0 Å². The molecule has 0 radical (unpaired) electrons. The fourth-order valence-corrected chi connectivity index (χ4v) is 0. The van der Waals surface area contributed by atoms with Gasteiger partial charge >= 0.3 is 24.4 Å². The molecular formula is H6AlNiSbZn. The van der Waals surface area contributed by atoms with Crippen LogP contribution in [0.3, 0.4) is 0 Å². The van der Waals surface area contributed by atoms with Gasteiger partial charge in [-0.05, 0) is 0 Å². The third kappa shape index (κ3) is 8.82. The molecule has 0 aliphatic heterocycles. The van der Waals surface area contributed by atoms with Crippen molar-refractivity contribution < 1.29 is 36.0 Å². The Labute approximate surface area is 76.7 Å². The molecule has 0 aliphatic rings. The van der Waals surface area contributed by atoms with Crippen molar-refractivity contribution in [3.63, 3.8) is 0 Å². The molecule has 0 aliphatic carbocycles. The van der Waals surface area contributed by atoms with E-state index in [1.165, 1.54) is 0 Å². The Bertz CT molecular complexity index is 8.00. The zero-order valence-electron chi connectivity index (χ0n) is 1.73. The molecule has 26 valence electrons. The van der Waals surface area contributed by atoms with E-state index in [0.717, 1.165) is 0 Å². The van der Waals surface area contributed by atoms with E-state index >= 15 is 0 Å². The fraction of sp³-hybridized carbons (Fsp3) is 0. The molecule has 0 nitrogen and oxygen atoms in total. The summed E-state index contributed by atoms with van der Waals surface area (Å²) in [7, 11) is 0. The van der Waals surface area contributed by atoms with Gasteiger partial charge in [-0.3, -0.25) is 0 Å². The summed E-state index contributed by atoms with van der Waals surface area (Å²) in [5.74, 6) is 0. The van der Waals surface area contributed by atoms with Gasteiger partial charge in [0.2, 0.25) is 0 Å². The van der Waals surface area contributed by atoms with E-state index in [0.29, 0.717) is 0 Å². The molecule has 0 atom stereocenters. The van der Waals surface area contributed by atoms with Crippen LogP contribution in [0.2, 0.25) is 0 Å². The standard InChI is InChI=1S/Al.Ni.Sb.Zn.6H. The second kappa shape index (κ2) is 17.9. The topological polar surface area (TPSA) is 0 Å². The van der Waals surface area contributed by atoms with E-state index < -0.39 is 0 Å². The van der Waals surface area contributed by atoms with Crippen LogP contribution in [0.5, 0.6) is 0 Å². The van der Waals surface area contributed by atoms with Crippen LogP contribution in [0.25, 0.3) is 0 Å². The van der Waals surface area contributed by atoms with Crippen LogP contribution in [0, 0.1) is 0 Å². The Hall–Kier alpha value is 2.47. The van der Waals surface area contributed by atoms with E-state index in [1.807, 2.05) is 0 Å². The first kappa shape index (κ1) is 31.8. The number of hydrogen-bond acceptors (Lipinski definition) is 0. The molecule has 0 spiro atoms. The van der Waals surface area contributed by atoms with Crippen molar-refractivity contribution in [2.45, 2.75) is 0 Å². The summed E-state index contributed by atoms with van der Waals surface area (Å²) in [5, 5.41) is 0. The molecule has 4 heteroatoms. The van der Waals surface area contributed by atoms with Gasteiger partial charge in [-0.2, -0.15) is 0 Å². The minimum absolute atomic E-state index is 0. The number of rotatable bonds is 0. The molecule has 0 fully saturated rings. The zero-order chi connectivity index (χ0) is 0. The third-order valence-electron chi connectivity index (χ3n) is 0. The van der Waals surface area contributed by atoms with E-state index in [2.05, 4.69) is 0 Å². The fourth-order valence-electron chi connectivity index (χ4n) is 0. The first-order chi connectivity index (χ1) is 0. The average molecular weight is 279 g/mol. The van der Waals surface area contributed by atoms with Gasteiger partial charge in [0.1, 0.15) is 0 Å². The number of hydrogen-bond donors (Lipinski definition) is 0. The van der Waals surface area contributed by atoms with Crippen molar-refractivity contribution >= 4 is 41.8 Å². The van der Waals surface area contributed by atoms with E-state index in [9.17, 15) is 0 Å². The maximum absolute atomic E-state index is 0. The van der Waals surface area contributed by atoms with Gasteiger partial charge in [-0.15, -0.1) is 0 Å². The van der Waals surface area contributed by atoms with Gasteiger partial charge in [0, 0.05) is 36.0 Å². The van der Waals surface area contributed by atoms with Crippen molar-refractivity contribution in [1.29, 1.82) is 0 Å². The Kier molecular flexibility index (Phi) is 142. The third-order valence-corrected chi connectivity index (χ3v) is 0. The van der Waals surface area contributed by atoms with Crippen LogP contribution in [-0.4, -0.2) is 41.8 Å². The van der Waals surface area contributed by atoms with E-state index in [1.54, 1.807) is 0 Å². The molecule has 0 heterocycles. The molecule has 0 rings (SSSR count). The first-order valence-corrected chi connectivity index (χ1v) is 0. The van der Waals surface area contributed by atoms with Gasteiger partial charge in [0.05, 0.1) is 0 Å². The molecule has 0 saturated heterocycles. The van der Waals surface area contributed by atoms with Gasteiger partial charge in [-0.1, -0.05) is 0 Å². The molecule has 0 N–H and O–H groups in total. The van der Waals surface area contributed by atoms with Gasteiger partial charge in [-0.25, -0.2) is 0 Å². The normalized spacial score (nSPS) is 0. The van der Waals surface area contributed by atoms with Crippen molar-refractivity contribution in [2.24, 2.45) is 0 Å². The van der Waals surface area contributed by atoms with Crippen molar-refractivity contribution in [3.8, 4) is 0 Å². The first-order valence-electron chi connectivity index (χ1n) is 0. The average Bonchev–Trinajstić information content (AvgIpc) is 0. The quantitative estimate of drug-likeness (QED) is 0.435. The van der Waals surface area contributed by atoms with Crippen LogP contribution >= 0.6 is 0 Å². The van der Waals surface area contributed by atoms with Gasteiger partial charge in [0.25, 0.3) is 0 Å². The largest absolute Gasteiger partial charge is 0 e. The monoisotopic (exact) mass is 276 g/mol. The molecule has 0 aromatic carbocycles. The smallest absolute Gasteiger partial charge is 0 e. The molecule has 0 amide bonds. The summed E-state index contributed by atoms with van der Waals surface area (Å²) >= 11 is 0.